The Morgan fingerprint density at radius 1 is 1.12 bits per heavy atom. The average molecular weight is 430 g/mol. The number of aromatic nitrogens is 4. The van der Waals surface area contributed by atoms with E-state index in [4.69, 9.17) is 15.2 Å². The number of amides is 1. The van der Waals surface area contributed by atoms with Gasteiger partial charge in [-0.3, -0.25) is 4.79 Å². The Balaban J connectivity index is 1.39. The lowest BCUT2D eigenvalue weighted by Crippen LogP contribution is -2.39. The Bertz CT molecular complexity index is 1290. The molecule has 1 aliphatic heterocycles. The minimum atomic E-state index is -0.225. The molecule has 2 N–H and O–H groups in total. The van der Waals surface area contributed by atoms with Crippen LogP contribution in [-0.4, -0.2) is 39.1 Å². The lowest BCUT2D eigenvalue weighted by molar-refractivity contribution is 0.0664. The molecule has 5 rings (SSSR count). The van der Waals surface area contributed by atoms with Crippen molar-refractivity contribution >= 4 is 28.4 Å². The number of benzene rings is 2. The molecule has 9 heteroatoms. The van der Waals surface area contributed by atoms with Gasteiger partial charge in [-0.1, -0.05) is 30.3 Å². The van der Waals surface area contributed by atoms with Gasteiger partial charge < -0.3 is 24.7 Å². The number of ether oxygens (including phenoxy) is 2. The first kappa shape index (κ1) is 20.0. The highest BCUT2D eigenvalue weighted by molar-refractivity contribution is 6.11. The van der Waals surface area contributed by atoms with Crippen LogP contribution in [0.1, 0.15) is 21.6 Å². The van der Waals surface area contributed by atoms with Crippen LogP contribution in [-0.2, 0) is 24.5 Å². The summed E-state index contributed by atoms with van der Waals surface area (Å²) < 4.78 is 12.9. The number of methoxy groups -OCH3 is 1. The summed E-state index contributed by atoms with van der Waals surface area (Å²) in [6.07, 6.45) is 2.30. The van der Waals surface area contributed by atoms with Crippen molar-refractivity contribution in [3.63, 3.8) is 0 Å². The molecule has 0 fully saturated rings. The third-order valence-electron chi connectivity index (χ3n) is 5.46. The van der Waals surface area contributed by atoms with E-state index in [1.165, 1.54) is 7.11 Å². The Morgan fingerprint density at radius 2 is 1.97 bits per heavy atom. The number of imidazole rings is 1. The lowest BCUT2D eigenvalue weighted by Gasteiger charge is -2.28. The molecule has 4 aromatic rings. The first-order valence-electron chi connectivity index (χ1n) is 10.2. The second-order valence-electron chi connectivity index (χ2n) is 7.47. The summed E-state index contributed by atoms with van der Waals surface area (Å²) in [5.74, 6) is -0.0980. The van der Waals surface area contributed by atoms with E-state index in [1.807, 2.05) is 53.1 Å². The third-order valence-corrected chi connectivity index (χ3v) is 5.46. The molecule has 0 radical (unpaired) electrons. The van der Waals surface area contributed by atoms with Gasteiger partial charge in [0.25, 0.3) is 5.91 Å². The number of hydrogen-bond acceptors (Lipinski definition) is 7. The van der Waals surface area contributed by atoms with Crippen molar-refractivity contribution in [1.82, 2.24) is 19.5 Å². The van der Waals surface area contributed by atoms with E-state index in [0.29, 0.717) is 37.6 Å². The Morgan fingerprint density at radius 3 is 2.78 bits per heavy atom. The average Bonchev–Trinajstić information content (AvgIpc) is 3.22. The minimum Gasteiger partial charge on any atom is -0.467 e. The van der Waals surface area contributed by atoms with Gasteiger partial charge in [0.15, 0.2) is 0 Å². The van der Waals surface area contributed by atoms with Gasteiger partial charge in [-0.05, 0) is 23.8 Å². The number of hydrogen-bond donors (Lipinski definition) is 1. The van der Waals surface area contributed by atoms with Crippen molar-refractivity contribution in [1.29, 1.82) is 0 Å². The summed E-state index contributed by atoms with van der Waals surface area (Å²) >= 11 is 0. The standard InChI is InChI=1S/C23H22N6O3/c1-31-23-26-18-9-10-29(22(30)20(18)21(24)27-23)16-7-8-17-19(11-16)28(13-25-17)14-32-12-15-5-3-2-4-6-15/h2-8,11,13H,9-10,12,14H2,1H3,(H2,24,26,27). The highest BCUT2D eigenvalue weighted by atomic mass is 16.5. The Hall–Kier alpha value is -3.98. The molecule has 9 nitrogen and oxygen atoms in total. The molecule has 0 spiro atoms. The number of rotatable bonds is 6. The highest BCUT2D eigenvalue weighted by Gasteiger charge is 2.30. The van der Waals surface area contributed by atoms with Crippen LogP contribution in [0.3, 0.4) is 0 Å². The largest absolute Gasteiger partial charge is 0.467 e. The normalized spacial score (nSPS) is 13.4. The molecule has 0 bridgehead atoms. The molecule has 162 valence electrons. The molecule has 0 saturated heterocycles. The Kier molecular flexibility index (Phi) is 5.16. The zero-order valence-corrected chi connectivity index (χ0v) is 17.6. The van der Waals surface area contributed by atoms with E-state index in [0.717, 1.165) is 22.3 Å². The predicted molar refractivity (Wildman–Crippen MR) is 119 cm³/mol. The fourth-order valence-corrected chi connectivity index (χ4v) is 3.86. The molecule has 3 heterocycles. The maximum absolute atomic E-state index is 13.2. The van der Waals surface area contributed by atoms with E-state index in [9.17, 15) is 4.79 Å². The van der Waals surface area contributed by atoms with Crippen molar-refractivity contribution in [2.45, 2.75) is 19.8 Å². The monoisotopic (exact) mass is 430 g/mol. The molecule has 0 unspecified atom stereocenters. The summed E-state index contributed by atoms with van der Waals surface area (Å²) in [6.45, 7) is 1.34. The summed E-state index contributed by atoms with van der Waals surface area (Å²) in [5, 5.41) is 0. The number of nitrogens with two attached hydrogens (primary N) is 1. The molecule has 1 amide bonds. The number of fused-ring (bicyclic) bond motifs is 2. The number of nitrogens with zero attached hydrogens (tertiary/aromatic N) is 5. The molecule has 0 aliphatic carbocycles. The zero-order chi connectivity index (χ0) is 22.1. The van der Waals surface area contributed by atoms with E-state index in [1.54, 1.807) is 11.2 Å². The zero-order valence-electron chi connectivity index (χ0n) is 17.6. The third kappa shape index (κ3) is 3.63. The van der Waals surface area contributed by atoms with Crippen molar-refractivity contribution in [3.05, 3.63) is 71.7 Å². The van der Waals surface area contributed by atoms with Crippen molar-refractivity contribution in [2.75, 3.05) is 24.3 Å². The van der Waals surface area contributed by atoms with E-state index in [2.05, 4.69) is 15.0 Å². The predicted octanol–water partition coefficient (Wildman–Crippen LogP) is 2.79. The van der Waals surface area contributed by atoms with Crippen LogP contribution in [0, 0.1) is 0 Å². The van der Waals surface area contributed by atoms with Crippen molar-refractivity contribution < 1.29 is 14.3 Å². The molecule has 0 saturated carbocycles. The van der Waals surface area contributed by atoms with Crippen LogP contribution in [0.15, 0.2) is 54.9 Å². The van der Waals surface area contributed by atoms with Crippen LogP contribution < -0.4 is 15.4 Å². The van der Waals surface area contributed by atoms with Gasteiger partial charge in [0.1, 0.15) is 18.1 Å². The van der Waals surface area contributed by atoms with Crippen LogP contribution in [0.2, 0.25) is 0 Å². The molecule has 2 aromatic carbocycles. The van der Waals surface area contributed by atoms with Gasteiger partial charge in [-0.2, -0.15) is 9.97 Å². The second-order valence-corrected chi connectivity index (χ2v) is 7.47. The quantitative estimate of drug-likeness (QED) is 0.501. The maximum atomic E-state index is 13.2. The smallest absolute Gasteiger partial charge is 0.318 e. The molecule has 1 aliphatic rings. The molecular weight excluding hydrogens is 408 g/mol. The fraction of sp³-hybridized carbons (Fsp3) is 0.217. The second kappa shape index (κ2) is 8.27. The van der Waals surface area contributed by atoms with Gasteiger partial charge in [0.2, 0.25) is 0 Å². The molecule has 2 aromatic heterocycles. The number of nitrogen functional groups attached to an aromatic ring is 1. The van der Waals surface area contributed by atoms with Gasteiger partial charge >= 0.3 is 6.01 Å². The maximum Gasteiger partial charge on any atom is 0.318 e. The number of anilines is 2. The minimum absolute atomic E-state index is 0.127. The van der Waals surface area contributed by atoms with Crippen LogP contribution in [0.4, 0.5) is 11.5 Å². The van der Waals surface area contributed by atoms with Gasteiger partial charge in [0.05, 0.1) is 36.8 Å². The summed E-state index contributed by atoms with van der Waals surface area (Å²) in [7, 11) is 1.47. The van der Waals surface area contributed by atoms with Gasteiger partial charge in [-0.15, -0.1) is 0 Å². The first-order chi connectivity index (χ1) is 15.6. The van der Waals surface area contributed by atoms with Gasteiger partial charge in [0, 0.05) is 18.7 Å². The Labute approximate surface area is 184 Å². The van der Waals surface area contributed by atoms with E-state index in [-0.39, 0.29) is 17.7 Å². The van der Waals surface area contributed by atoms with Crippen molar-refractivity contribution in [2.24, 2.45) is 0 Å². The summed E-state index contributed by atoms with van der Waals surface area (Å²) in [6, 6.07) is 15.9. The van der Waals surface area contributed by atoms with Crippen LogP contribution in [0.25, 0.3) is 11.0 Å². The fourth-order valence-electron chi connectivity index (χ4n) is 3.86. The van der Waals surface area contributed by atoms with E-state index >= 15 is 0 Å². The van der Waals surface area contributed by atoms with Crippen LogP contribution in [0.5, 0.6) is 6.01 Å². The first-order valence-corrected chi connectivity index (χ1v) is 10.2. The van der Waals surface area contributed by atoms with E-state index < -0.39 is 0 Å². The SMILES string of the molecule is COc1nc(N)c2c(n1)CCN(c1ccc3ncn(COCc4ccccc4)c3c1)C2=O. The molecule has 0 atom stereocenters. The van der Waals surface area contributed by atoms with Crippen molar-refractivity contribution in [3.8, 4) is 6.01 Å². The van der Waals surface area contributed by atoms with Crippen LogP contribution >= 0.6 is 0 Å². The topological polar surface area (TPSA) is 108 Å². The van der Waals surface area contributed by atoms with Gasteiger partial charge in [-0.25, -0.2) is 4.98 Å². The lowest BCUT2D eigenvalue weighted by atomic mass is 10.0. The molecule has 32 heavy (non-hydrogen) atoms. The summed E-state index contributed by atoms with van der Waals surface area (Å²) in [5.41, 5.74) is 10.5. The number of carbonyl (C=O) groups excluding carboxylic acids is 1. The highest BCUT2D eigenvalue weighted by Crippen LogP contribution is 2.29. The molecular formula is C23H22N6O3. The summed E-state index contributed by atoms with van der Waals surface area (Å²) in [4.78, 5) is 27.7. The number of carbonyl (C=O) groups is 1.